The van der Waals surface area contributed by atoms with Crippen molar-refractivity contribution in [1.82, 2.24) is 5.32 Å². The van der Waals surface area contributed by atoms with Gasteiger partial charge in [-0.3, -0.25) is 0 Å². The fourth-order valence-electron chi connectivity index (χ4n) is 0.889. The minimum absolute atomic E-state index is 0.278. The number of rotatable bonds is 2. The van der Waals surface area contributed by atoms with Crippen molar-refractivity contribution in [1.29, 1.82) is 0 Å². The first kappa shape index (κ1) is 10.8. The predicted octanol–water partition coefficient (Wildman–Crippen LogP) is 3.10. The van der Waals surface area contributed by atoms with Crippen molar-refractivity contribution in [2.24, 2.45) is 0 Å². The zero-order valence-corrected chi connectivity index (χ0v) is 9.39. The summed E-state index contributed by atoms with van der Waals surface area (Å²) in [5.74, 6) is 0. The topological polar surface area (TPSA) is 41.1 Å². The summed E-state index contributed by atoms with van der Waals surface area (Å²) in [6.45, 7) is 5.29. The highest BCUT2D eigenvalue weighted by Gasteiger charge is 1.99. The van der Waals surface area contributed by atoms with E-state index < -0.39 is 0 Å². The minimum atomic E-state index is -0.278. The number of carbonyl (C=O) groups is 1. The Balaban J connectivity index is 2.56. The third-order valence-electron chi connectivity index (χ3n) is 1.43. The van der Waals surface area contributed by atoms with Gasteiger partial charge in [-0.1, -0.05) is 22.5 Å². The maximum Gasteiger partial charge on any atom is 0.323 e. The monoisotopic (exact) mass is 254 g/mol. The molecule has 0 heterocycles. The van der Waals surface area contributed by atoms with E-state index in [1.54, 1.807) is 6.92 Å². The molecule has 0 aliphatic carbocycles. The van der Waals surface area contributed by atoms with Gasteiger partial charge >= 0.3 is 6.03 Å². The molecular weight excluding hydrogens is 244 g/mol. The number of halogens is 1. The van der Waals surface area contributed by atoms with Crippen LogP contribution in [-0.4, -0.2) is 6.03 Å². The molecule has 74 valence electrons. The normalized spacial score (nSPS) is 9.29. The number of amides is 2. The standard InChI is InChI=1S/C10H11BrN2O/c1-7(2)12-10(14)13-9-5-3-8(11)4-6-9/h3-6H,1H2,2H3,(H2,12,13,14). The van der Waals surface area contributed by atoms with Gasteiger partial charge in [-0.15, -0.1) is 0 Å². The van der Waals surface area contributed by atoms with Crippen LogP contribution in [0.15, 0.2) is 41.0 Å². The third kappa shape index (κ3) is 3.62. The Hall–Kier alpha value is -1.29. The summed E-state index contributed by atoms with van der Waals surface area (Å²) in [5, 5.41) is 5.22. The van der Waals surface area contributed by atoms with Crippen LogP contribution in [0.3, 0.4) is 0 Å². The van der Waals surface area contributed by atoms with E-state index in [2.05, 4.69) is 33.1 Å². The second kappa shape index (κ2) is 4.81. The van der Waals surface area contributed by atoms with Crippen LogP contribution >= 0.6 is 15.9 Å². The Morgan fingerprint density at radius 3 is 2.43 bits per heavy atom. The van der Waals surface area contributed by atoms with Crippen molar-refractivity contribution in [3.63, 3.8) is 0 Å². The first-order valence-corrected chi connectivity index (χ1v) is 4.86. The fourth-order valence-corrected chi connectivity index (χ4v) is 1.15. The maximum absolute atomic E-state index is 11.2. The summed E-state index contributed by atoms with van der Waals surface area (Å²) in [6, 6.07) is 7.05. The highest BCUT2D eigenvalue weighted by Crippen LogP contribution is 2.13. The second-order valence-corrected chi connectivity index (χ2v) is 3.78. The van der Waals surface area contributed by atoms with E-state index in [4.69, 9.17) is 0 Å². The van der Waals surface area contributed by atoms with Gasteiger partial charge in [0.1, 0.15) is 0 Å². The molecule has 2 N–H and O–H groups in total. The Morgan fingerprint density at radius 1 is 1.36 bits per heavy atom. The summed E-state index contributed by atoms with van der Waals surface area (Å²) in [5.41, 5.74) is 1.35. The number of hydrogen-bond donors (Lipinski definition) is 2. The number of allylic oxidation sites excluding steroid dienone is 1. The molecule has 0 saturated carbocycles. The van der Waals surface area contributed by atoms with Crippen LogP contribution in [0.1, 0.15) is 6.92 Å². The number of benzene rings is 1. The zero-order chi connectivity index (χ0) is 10.6. The lowest BCUT2D eigenvalue weighted by molar-refractivity contribution is 0.254. The van der Waals surface area contributed by atoms with E-state index in [0.717, 1.165) is 10.2 Å². The van der Waals surface area contributed by atoms with E-state index in [1.165, 1.54) is 0 Å². The van der Waals surface area contributed by atoms with Gasteiger partial charge in [-0.05, 0) is 31.2 Å². The van der Waals surface area contributed by atoms with Crippen LogP contribution in [0.4, 0.5) is 10.5 Å². The van der Waals surface area contributed by atoms with E-state index in [9.17, 15) is 4.79 Å². The second-order valence-electron chi connectivity index (χ2n) is 2.87. The van der Waals surface area contributed by atoms with Crippen molar-refractivity contribution in [3.05, 3.63) is 41.0 Å². The van der Waals surface area contributed by atoms with Crippen molar-refractivity contribution < 1.29 is 4.79 Å². The number of urea groups is 1. The average Bonchev–Trinajstić information content (AvgIpc) is 2.07. The molecule has 0 spiro atoms. The van der Waals surface area contributed by atoms with Crippen molar-refractivity contribution >= 4 is 27.6 Å². The van der Waals surface area contributed by atoms with Crippen LogP contribution in [-0.2, 0) is 0 Å². The molecule has 0 aromatic heterocycles. The molecule has 2 amide bonds. The van der Waals surface area contributed by atoms with Crippen LogP contribution in [0.25, 0.3) is 0 Å². The minimum Gasteiger partial charge on any atom is -0.312 e. The lowest BCUT2D eigenvalue weighted by Gasteiger charge is -2.06. The van der Waals surface area contributed by atoms with Crippen molar-refractivity contribution in [2.75, 3.05) is 5.32 Å². The van der Waals surface area contributed by atoms with Gasteiger partial charge in [0.15, 0.2) is 0 Å². The molecule has 0 aliphatic heterocycles. The third-order valence-corrected chi connectivity index (χ3v) is 1.96. The summed E-state index contributed by atoms with van der Waals surface area (Å²) in [6.07, 6.45) is 0. The first-order chi connectivity index (χ1) is 6.58. The quantitative estimate of drug-likeness (QED) is 0.837. The summed E-state index contributed by atoms with van der Waals surface area (Å²) in [7, 11) is 0. The highest BCUT2D eigenvalue weighted by molar-refractivity contribution is 9.10. The molecule has 4 heteroatoms. The molecule has 0 atom stereocenters. The molecule has 0 saturated heterocycles. The number of carbonyl (C=O) groups excluding carboxylic acids is 1. The van der Waals surface area contributed by atoms with Gasteiger partial charge in [0.2, 0.25) is 0 Å². The van der Waals surface area contributed by atoms with E-state index >= 15 is 0 Å². The maximum atomic E-state index is 11.2. The van der Waals surface area contributed by atoms with Gasteiger partial charge in [0.25, 0.3) is 0 Å². The van der Waals surface area contributed by atoms with E-state index in [0.29, 0.717) is 5.70 Å². The Bertz CT molecular complexity index is 346. The van der Waals surface area contributed by atoms with Crippen LogP contribution in [0.5, 0.6) is 0 Å². The summed E-state index contributed by atoms with van der Waals surface area (Å²) in [4.78, 5) is 11.2. The number of hydrogen-bond acceptors (Lipinski definition) is 1. The van der Waals surface area contributed by atoms with Gasteiger partial charge in [-0.2, -0.15) is 0 Å². The predicted molar refractivity (Wildman–Crippen MR) is 61.1 cm³/mol. The smallest absolute Gasteiger partial charge is 0.312 e. The summed E-state index contributed by atoms with van der Waals surface area (Å²) >= 11 is 3.31. The molecule has 14 heavy (non-hydrogen) atoms. The first-order valence-electron chi connectivity index (χ1n) is 4.07. The molecule has 0 bridgehead atoms. The molecule has 0 unspecified atom stereocenters. The zero-order valence-electron chi connectivity index (χ0n) is 7.80. The Morgan fingerprint density at radius 2 is 1.93 bits per heavy atom. The number of anilines is 1. The lowest BCUT2D eigenvalue weighted by atomic mass is 10.3. The lowest BCUT2D eigenvalue weighted by Crippen LogP contribution is -2.26. The van der Waals surface area contributed by atoms with Crippen molar-refractivity contribution in [3.8, 4) is 0 Å². The van der Waals surface area contributed by atoms with Crippen LogP contribution in [0, 0.1) is 0 Å². The Labute approximate surface area is 91.3 Å². The molecule has 0 aliphatic rings. The largest absolute Gasteiger partial charge is 0.323 e. The molecule has 1 aromatic rings. The van der Waals surface area contributed by atoms with Gasteiger partial charge < -0.3 is 10.6 Å². The fraction of sp³-hybridized carbons (Fsp3) is 0.100. The van der Waals surface area contributed by atoms with Crippen LogP contribution < -0.4 is 10.6 Å². The van der Waals surface area contributed by atoms with Crippen molar-refractivity contribution in [2.45, 2.75) is 6.92 Å². The molecule has 3 nitrogen and oxygen atoms in total. The molecule has 0 radical (unpaired) electrons. The van der Waals surface area contributed by atoms with Gasteiger partial charge in [0.05, 0.1) is 0 Å². The summed E-state index contributed by atoms with van der Waals surface area (Å²) < 4.78 is 0.975. The Kier molecular flexibility index (Phi) is 3.71. The molecular formula is C10H11BrN2O. The number of nitrogens with one attached hydrogen (secondary N) is 2. The van der Waals surface area contributed by atoms with Gasteiger partial charge in [-0.25, -0.2) is 4.79 Å². The highest BCUT2D eigenvalue weighted by atomic mass is 79.9. The van der Waals surface area contributed by atoms with E-state index in [-0.39, 0.29) is 6.03 Å². The average molecular weight is 255 g/mol. The van der Waals surface area contributed by atoms with E-state index in [1.807, 2.05) is 24.3 Å². The van der Waals surface area contributed by atoms with Gasteiger partial charge in [0, 0.05) is 15.9 Å². The van der Waals surface area contributed by atoms with Crippen LogP contribution in [0.2, 0.25) is 0 Å². The molecule has 0 fully saturated rings. The molecule has 1 aromatic carbocycles. The molecule has 1 rings (SSSR count). The SMILES string of the molecule is C=C(C)NC(=O)Nc1ccc(Br)cc1.